The summed E-state index contributed by atoms with van der Waals surface area (Å²) < 4.78 is 30.6. The van der Waals surface area contributed by atoms with Crippen molar-refractivity contribution in [2.45, 2.75) is 38.7 Å². The van der Waals surface area contributed by atoms with Crippen LogP contribution in [-0.4, -0.2) is 42.0 Å². The maximum atomic E-state index is 12.0. The number of halogens is 2. The molecule has 0 spiro atoms. The van der Waals surface area contributed by atoms with E-state index in [0.29, 0.717) is 13.0 Å². The standard InChI is InChI=1S/C13H23F2N3O/c1-3-6-16-11(5-8-19-10-13(14)15)9-12-4-7-18(2)17-12/h4,7,11,13,16H,3,5-6,8-10H2,1-2H3. The van der Waals surface area contributed by atoms with E-state index in [2.05, 4.69) is 17.3 Å². The second-order valence-corrected chi connectivity index (χ2v) is 4.59. The lowest BCUT2D eigenvalue weighted by atomic mass is 10.1. The van der Waals surface area contributed by atoms with Crippen molar-refractivity contribution >= 4 is 0 Å². The van der Waals surface area contributed by atoms with Crippen molar-refractivity contribution in [1.29, 1.82) is 0 Å². The Hall–Kier alpha value is -1.01. The molecular formula is C13H23F2N3O. The van der Waals surface area contributed by atoms with E-state index in [1.54, 1.807) is 4.68 Å². The van der Waals surface area contributed by atoms with Crippen LogP contribution in [0.2, 0.25) is 0 Å². The lowest BCUT2D eigenvalue weighted by Gasteiger charge is -2.17. The van der Waals surface area contributed by atoms with Gasteiger partial charge in [0.2, 0.25) is 0 Å². The lowest BCUT2D eigenvalue weighted by Crippen LogP contribution is -2.33. The molecule has 1 aromatic rings. The Morgan fingerprint density at radius 3 is 2.84 bits per heavy atom. The Bertz CT molecular complexity index is 344. The van der Waals surface area contributed by atoms with Gasteiger partial charge < -0.3 is 10.1 Å². The molecule has 1 atom stereocenters. The number of ether oxygens (including phenoxy) is 1. The molecule has 0 bridgehead atoms. The van der Waals surface area contributed by atoms with Crippen LogP contribution in [-0.2, 0) is 18.2 Å². The smallest absolute Gasteiger partial charge is 0.261 e. The van der Waals surface area contributed by atoms with Crippen LogP contribution in [0.1, 0.15) is 25.5 Å². The summed E-state index contributed by atoms with van der Waals surface area (Å²) in [6.07, 6.45) is 2.05. The van der Waals surface area contributed by atoms with Gasteiger partial charge in [-0.2, -0.15) is 5.10 Å². The SMILES string of the molecule is CCCNC(CCOCC(F)F)Cc1ccn(C)n1. The van der Waals surface area contributed by atoms with Gasteiger partial charge >= 0.3 is 0 Å². The van der Waals surface area contributed by atoms with E-state index in [1.165, 1.54) is 0 Å². The zero-order chi connectivity index (χ0) is 14.1. The monoisotopic (exact) mass is 275 g/mol. The highest BCUT2D eigenvalue weighted by Crippen LogP contribution is 2.05. The van der Waals surface area contributed by atoms with Gasteiger partial charge in [-0.15, -0.1) is 0 Å². The molecule has 4 nitrogen and oxygen atoms in total. The zero-order valence-corrected chi connectivity index (χ0v) is 11.6. The highest BCUT2D eigenvalue weighted by molar-refractivity contribution is 5.01. The molecule has 110 valence electrons. The number of aryl methyl sites for hydroxylation is 1. The molecule has 6 heteroatoms. The Morgan fingerprint density at radius 2 is 2.26 bits per heavy atom. The van der Waals surface area contributed by atoms with Crippen LogP contribution in [0.15, 0.2) is 12.3 Å². The van der Waals surface area contributed by atoms with Crippen molar-refractivity contribution in [3.8, 4) is 0 Å². The van der Waals surface area contributed by atoms with E-state index in [4.69, 9.17) is 4.74 Å². The average molecular weight is 275 g/mol. The van der Waals surface area contributed by atoms with Crippen LogP contribution in [0, 0.1) is 0 Å². The maximum absolute atomic E-state index is 12.0. The average Bonchev–Trinajstić information content (AvgIpc) is 2.76. The second kappa shape index (κ2) is 8.98. The van der Waals surface area contributed by atoms with Gasteiger partial charge in [0.25, 0.3) is 6.43 Å². The van der Waals surface area contributed by atoms with Gasteiger partial charge in [-0.3, -0.25) is 4.68 Å². The van der Waals surface area contributed by atoms with Crippen LogP contribution in [0.25, 0.3) is 0 Å². The van der Waals surface area contributed by atoms with Gasteiger partial charge in [0.15, 0.2) is 0 Å². The highest BCUT2D eigenvalue weighted by atomic mass is 19.3. The molecule has 0 radical (unpaired) electrons. The first-order chi connectivity index (χ1) is 9.11. The van der Waals surface area contributed by atoms with Crippen LogP contribution in [0.4, 0.5) is 8.78 Å². The van der Waals surface area contributed by atoms with E-state index in [1.807, 2.05) is 19.3 Å². The van der Waals surface area contributed by atoms with E-state index in [0.717, 1.165) is 25.1 Å². The minimum Gasteiger partial charge on any atom is -0.375 e. The Kier molecular flexibility index (Phi) is 7.59. The molecule has 1 aromatic heterocycles. The van der Waals surface area contributed by atoms with Crippen molar-refractivity contribution in [2.24, 2.45) is 7.05 Å². The number of nitrogens with zero attached hydrogens (tertiary/aromatic N) is 2. The Balaban J connectivity index is 2.33. The topological polar surface area (TPSA) is 39.1 Å². The van der Waals surface area contributed by atoms with E-state index in [-0.39, 0.29) is 6.04 Å². The minimum absolute atomic E-state index is 0.215. The molecule has 0 aliphatic rings. The summed E-state index contributed by atoms with van der Waals surface area (Å²) in [5, 5.41) is 7.73. The summed E-state index contributed by atoms with van der Waals surface area (Å²) >= 11 is 0. The number of alkyl halides is 2. The fourth-order valence-corrected chi connectivity index (χ4v) is 1.85. The molecule has 1 heterocycles. The van der Waals surface area contributed by atoms with Crippen molar-refractivity contribution < 1.29 is 13.5 Å². The van der Waals surface area contributed by atoms with E-state index < -0.39 is 13.0 Å². The normalized spacial score (nSPS) is 13.1. The molecule has 0 aliphatic heterocycles. The number of nitrogens with one attached hydrogen (secondary N) is 1. The molecule has 0 aromatic carbocycles. The predicted octanol–water partition coefficient (Wildman–Crippen LogP) is 2.00. The van der Waals surface area contributed by atoms with E-state index in [9.17, 15) is 8.78 Å². The van der Waals surface area contributed by atoms with Crippen LogP contribution >= 0.6 is 0 Å². The Labute approximate surface area is 113 Å². The van der Waals surface area contributed by atoms with Gasteiger partial charge in [-0.1, -0.05) is 6.92 Å². The second-order valence-electron chi connectivity index (χ2n) is 4.59. The summed E-state index contributed by atoms with van der Waals surface area (Å²) in [5.41, 5.74) is 1.00. The van der Waals surface area contributed by atoms with Crippen LogP contribution in [0.5, 0.6) is 0 Å². The Morgan fingerprint density at radius 1 is 1.47 bits per heavy atom. The molecule has 0 fully saturated rings. The maximum Gasteiger partial charge on any atom is 0.261 e. The van der Waals surface area contributed by atoms with Crippen molar-refractivity contribution in [2.75, 3.05) is 19.8 Å². The quantitative estimate of drug-likeness (QED) is 0.664. The minimum atomic E-state index is -2.39. The first-order valence-corrected chi connectivity index (χ1v) is 6.69. The zero-order valence-electron chi connectivity index (χ0n) is 11.6. The van der Waals surface area contributed by atoms with Crippen LogP contribution < -0.4 is 5.32 Å². The molecule has 0 saturated carbocycles. The van der Waals surface area contributed by atoms with E-state index >= 15 is 0 Å². The lowest BCUT2D eigenvalue weighted by molar-refractivity contribution is 0.0144. The summed E-state index contributed by atoms with van der Waals surface area (Å²) in [6, 6.07) is 2.19. The van der Waals surface area contributed by atoms with Crippen molar-refractivity contribution in [3.05, 3.63) is 18.0 Å². The summed E-state index contributed by atoms with van der Waals surface area (Å²) in [6.45, 7) is 2.87. The molecular weight excluding hydrogens is 252 g/mol. The predicted molar refractivity (Wildman–Crippen MR) is 70.4 cm³/mol. The van der Waals surface area contributed by atoms with Crippen molar-refractivity contribution in [1.82, 2.24) is 15.1 Å². The number of aromatic nitrogens is 2. The van der Waals surface area contributed by atoms with Crippen molar-refractivity contribution in [3.63, 3.8) is 0 Å². The largest absolute Gasteiger partial charge is 0.375 e. The first-order valence-electron chi connectivity index (χ1n) is 6.69. The third-order valence-electron chi connectivity index (χ3n) is 2.76. The highest BCUT2D eigenvalue weighted by Gasteiger charge is 2.11. The molecule has 1 rings (SSSR count). The third-order valence-corrected chi connectivity index (χ3v) is 2.76. The fourth-order valence-electron chi connectivity index (χ4n) is 1.85. The molecule has 0 aliphatic carbocycles. The number of hydrogen-bond donors (Lipinski definition) is 1. The molecule has 1 unspecified atom stereocenters. The van der Waals surface area contributed by atoms with Gasteiger partial charge in [0, 0.05) is 32.3 Å². The molecule has 0 amide bonds. The van der Waals surface area contributed by atoms with Gasteiger partial charge in [-0.05, 0) is 25.5 Å². The number of hydrogen-bond acceptors (Lipinski definition) is 3. The summed E-state index contributed by atoms with van der Waals surface area (Å²) in [7, 11) is 1.88. The van der Waals surface area contributed by atoms with Gasteiger partial charge in [0.05, 0.1) is 5.69 Å². The first kappa shape index (κ1) is 16.0. The summed E-state index contributed by atoms with van der Waals surface area (Å²) in [4.78, 5) is 0. The molecule has 0 saturated heterocycles. The molecule has 19 heavy (non-hydrogen) atoms. The number of rotatable bonds is 10. The third kappa shape index (κ3) is 7.22. The summed E-state index contributed by atoms with van der Waals surface area (Å²) in [5.74, 6) is 0. The fraction of sp³-hybridized carbons (Fsp3) is 0.769. The van der Waals surface area contributed by atoms with Crippen LogP contribution in [0.3, 0.4) is 0 Å². The molecule has 1 N–H and O–H groups in total. The van der Waals surface area contributed by atoms with Gasteiger partial charge in [-0.25, -0.2) is 8.78 Å². The van der Waals surface area contributed by atoms with Gasteiger partial charge in [0.1, 0.15) is 6.61 Å².